The number of aromatic amines is 1. The fourth-order valence-electron chi connectivity index (χ4n) is 3.18. The quantitative estimate of drug-likeness (QED) is 0.123. The molecule has 2 aromatic rings. The smallest absolute Gasteiger partial charge is 0.326 e. The Hall–Kier alpha value is -4.50. The van der Waals surface area contributed by atoms with Gasteiger partial charge in [-0.3, -0.25) is 19.2 Å². The van der Waals surface area contributed by atoms with Crippen LogP contribution in [0.5, 0.6) is 5.75 Å². The predicted molar refractivity (Wildman–Crippen MR) is 125 cm³/mol. The summed E-state index contributed by atoms with van der Waals surface area (Å²) in [4.78, 5) is 67.4. The standard InChI is InChI=1S/C22H28N6O9/c23-14(9-29)19(33)26-15(5-11-1-3-13(30)4-2-11)20(34)27-16(6-12-8-24-10-25-12)21(35)28-17(22(36)37)7-18(31)32/h1-4,8,10,14-17,29-30H,5-7,9,23H2,(H,24,25)(H,26,33)(H,27,34)(H,28,35)(H,31,32)(H,36,37). The van der Waals surface area contributed by atoms with E-state index >= 15 is 0 Å². The van der Waals surface area contributed by atoms with Crippen molar-refractivity contribution in [2.75, 3.05) is 6.61 Å². The molecule has 0 fully saturated rings. The molecule has 0 bridgehead atoms. The molecule has 200 valence electrons. The Kier molecular flexibility index (Phi) is 10.5. The van der Waals surface area contributed by atoms with Gasteiger partial charge in [0.25, 0.3) is 0 Å². The number of nitrogens with zero attached hydrogens (tertiary/aromatic N) is 1. The molecule has 0 aliphatic rings. The molecule has 15 heteroatoms. The number of nitrogens with one attached hydrogen (secondary N) is 4. The van der Waals surface area contributed by atoms with Crippen LogP contribution in [0.3, 0.4) is 0 Å². The van der Waals surface area contributed by atoms with Gasteiger partial charge < -0.3 is 47.1 Å². The molecule has 3 amide bonds. The van der Waals surface area contributed by atoms with Crippen LogP contribution < -0.4 is 21.7 Å². The molecular formula is C22H28N6O9. The lowest BCUT2D eigenvalue weighted by Gasteiger charge is -2.25. The molecule has 0 spiro atoms. The minimum Gasteiger partial charge on any atom is -0.508 e. The number of imidazole rings is 1. The van der Waals surface area contributed by atoms with E-state index in [1.807, 2.05) is 0 Å². The summed E-state index contributed by atoms with van der Waals surface area (Å²) in [5.74, 6) is -5.75. The highest BCUT2D eigenvalue weighted by molar-refractivity contribution is 5.94. The molecule has 2 rings (SSSR count). The average molecular weight is 520 g/mol. The number of hydrogen-bond acceptors (Lipinski definition) is 9. The SMILES string of the molecule is NC(CO)C(=O)NC(Cc1ccc(O)cc1)C(=O)NC(Cc1cnc[nH]1)C(=O)NC(CC(=O)O)C(=O)O. The van der Waals surface area contributed by atoms with Crippen LogP contribution in [0.4, 0.5) is 0 Å². The molecule has 15 nitrogen and oxygen atoms in total. The van der Waals surface area contributed by atoms with Crippen LogP contribution in [0.1, 0.15) is 17.7 Å². The van der Waals surface area contributed by atoms with Crippen molar-refractivity contribution < 1.29 is 44.4 Å². The number of nitrogens with two attached hydrogens (primary N) is 1. The molecule has 1 heterocycles. The van der Waals surface area contributed by atoms with Crippen molar-refractivity contribution in [1.29, 1.82) is 0 Å². The van der Waals surface area contributed by atoms with Gasteiger partial charge in [0, 0.05) is 24.7 Å². The highest BCUT2D eigenvalue weighted by Crippen LogP contribution is 2.12. The van der Waals surface area contributed by atoms with Gasteiger partial charge in [0.1, 0.15) is 29.9 Å². The van der Waals surface area contributed by atoms with E-state index in [-0.39, 0.29) is 18.6 Å². The lowest BCUT2D eigenvalue weighted by atomic mass is 10.0. The third-order valence-corrected chi connectivity index (χ3v) is 5.15. The van der Waals surface area contributed by atoms with Gasteiger partial charge in [0.15, 0.2) is 0 Å². The van der Waals surface area contributed by atoms with E-state index in [0.29, 0.717) is 11.3 Å². The fourth-order valence-corrected chi connectivity index (χ4v) is 3.18. The summed E-state index contributed by atoms with van der Waals surface area (Å²) in [5, 5.41) is 43.8. The number of phenols is 1. The van der Waals surface area contributed by atoms with E-state index in [1.54, 1.807) is 0 Å². The van der Waals surface area contributed by atoms with Gasteiger partial charge in [-0.2, -0.15) is 0 Å². The van der Waals surface area contributed by atoms with Gasteiger partial charge in [0.2, 0.25) is 17.7 Å². The molecule has 0 saturated heterocycles. The molecule has 1 aromatic carbocycles. The zero-order valence-electron chi connectivity index (χ0n) is 19.5. The Morgan fingerprint density at radius 1 is 0.892 bits per heavy atom. The first-order valence-electron chi connectivity index (χ1n) is 11.0. The molecule has 0 radical (unpaired) electrons. The third kappa shape index (κ3) is 9.23. The van der Waals surface area contributed by atoms with Crippen LogP contribution in [0, 0.1) is 0 Å². The van der Waals surface area contributed by atoms with Crippen molar-refractivity contribution in [3.63, 3.8) is 0 Å². The highest BCUT2D eigenvalue weighted by Gasteiger charge is 2.31. The number of aliphatic carboxylic acids is 2. The average Bonchev–Trinajstić information content (AvgIpc) is 3.36. The summed E-state index contributed by atoms with van der Waals surface area (Å²) >= 11 is 0. The topological polar surface area (TPSA) is 257 Å². The van der Waals surface area contributed by atoms with E-state index in [0.717, 1.165) is 0 Å². The van der Waals surface area contributed by atoms with Crippen molar-refractivity contribution in [2.24, 2.45) is 5.73 Å². The number of aromatic nitrogens is 2. The number of H-pyrrole nitrogens is 1. The van der Waals surface area contributed by atoms with Gasteiger partial charge in [-0.25, -0.2) is 9.78 Å². The number of phenolic OH excluding ortho intramolecular Hbond substituents is 1. The Balaban J connectivity index is 2.28. The van der Waals surface area contributed by atoms with E-state index < -0.39 is 66.9 Å². The number of carboxylic acids is 2. The zero-order chi connectivity index (χ0) is 27.5. The molecule has 10 N–H and O–H groups in total. The summed E-state index contributed by atoms with van der Waals surface area (Å²) < 4.78 is 0. The lowest BCUT2D eigenvalue weighted by Crippen LogP contribution is -2.58. The molecular weight excluding hydrogens is 492 g/mol. The maximum absolute atomic E-state index is 13.2. The summed E-state index contributed by atoms with van der Waals surface area (Å²) in [6.07, 6.45) is 1.53. The van der Waals surface area contributed by atoms with E-state index in [9.17, 15) is 34.2 Å². The van der Waals surface area contributed by atoms with Crippen molar-refractivity contribution in [1.82, 2.24) is 25.9 Å². The summed E-state index contributed by atoms with van der Waals surface area (Å²) in [7, 11) is 0. The number of carboxylic acid groups (broad SMARTS) is 2. The number of aliphatic hydroxyl groups excluding tert-OH is 1. The second kappa shape index (κ2) is 13.6. The molecule has 0 aliphatic heterocycles. The Morgan fingerprint density at radius 2 is 1.46 bits per heavy atom. The van der Waals surface area contributed by atoms with Crippen molar-refractivity contribution in [3.8, 4) is 5.75 Å². The number of carbonyl (C=O) groups is 5. The molecule has 4 unspecified atom stereocenters. The number of hydrogen-bond donors (Lipinski definition) is 9. The second-order valence-corrected chi connectivity index (χ2v) is 8.06. The number of aliphatic hydroxyl groups is 1. The number of benzene rings is 1. The van der Waals surface area contributed by atoms with Gasteiger partial charge in [-0.05, 0) is 17.7 Å². The maximum Gasteiger partial charge on any atom is 0.326 e. The zero-order valence-corrected chi connectivity index (χ0v) is 19.5. The minimum absolute atomic E-state index is 0.0262. The molecule has 37 heavy (non-hydrogen) atoms. The maximum atomic E-state index is 13.2. The number of carbonyl (C=O) groups excluding carboxylic acids is 3. The lowest BCUT2D eigenvalue weighted by molar-refractivity contribution is -0.147. The Labute approximate surface area is 210 Å². The first-order valence-corrected chi connectivity index (χ1v) is 11.0. The van der Waals surface area contributed by atoms with Crippen LogP contribution in [0.2, 0.25) is 0 Å². The summed E-state index contributed by atoms with van der Waals surface area (Å²) in [6.45, 7) is -0.690. The number of rotatable bonds is 14. The van der Waals surface area contributed by atoms with E-state index in [1.165, 1.54) is 36.8 Å². The molecule has 4 atom stereocenters. The summed E-state index contributed by atoms with van der Waals surface area (Å²) in [6, 6.07) is -0.0240. The first kappa shape index (κ1) is 28.7. The Bertz CT molecular complexity index is 1090. The van der Waals surface area contributed by atoms with Crippen LogP contribution in [0.15, 0.2) is 36.8 Å². The number of amides is 3. The first-order chi connectivity index (χ1) is 17.5. The predicted octanol–water partition coefficient (Wildman–Crippen LogP) is -2.77. The van der Waals surface area contributed by atoms with E-state index in [2.05, 4.69) is 25.9 Å². The van der Waals surface area contributed by atoms with Gasteiger partial charge in [-0.15, -0.1) is 0 Å². The van der Waals surface area contributed by atoms with Crippen LogP contribution in [0.25, 0.3) is 0 Å². The molecule has 1 aromatic heterocycles. The van der Waals surface area contributed by atoms with Gasteiger partial charge >= 0.3 is 11.9 Å². The third-order valence-electron chi connectivity index (χ3n) is 5.15. The second-order valence-electron chi connectivity index (χ2n) is 8.06. The van der Waals surface area contributed by atoms with Crippen molar-refractivity contribution in [3.05, 3.63) is 48.0 Å². The van der Waals surface area contributed by atoms with E-state index in [4.69, 9.17) is 15.9 Å². The van der Waals surface area contributed by atoms with Gasteiger partial charge in [-0.1, -0.05) is 12.1 Å². The highest BCUT2D eigenvalue weighted by atomic mass is 16.4. The minimum atomic E-state index is -1.76. The largest absolute Gasteiger partial charge is 0.508 e. The Morgan fingerprint density at radius 3 is 1.97 bits per heavy atom. The van der Waals surface area contributed by atoms with Crippen molar-refractivity contribution >= 4 is 29.7 Å². The van der Waals surface area contributed by atoms with Crippen LogP contribution in [-0.2, 0) is 36.8 Å². The summed E-state index contributed by atoms with van der Waals surface area (Å²) in [5.41, 5.74) is 6.46. The number of aromatic hydroxyl groups is 1. The normalized spacial score (nSPS) is 14.0. The van der Waals surface area contributed by atoms with Gasteiger partial charge in [0.05, 0.1) is 19.4 Å². The monoisotopic (exact) mass is 520 g/mol. The van der Waals surface area contributed by atoms with Crippen molar-refractivity contribution in [2.45, 2.75) is 43.4 Å². The fraction of sp³-hybridized carbons (Fsp3) is 0.364. The van der Waals surface area contributed by atoms with Crippen LogP contribution >= 0.6 is 0 Å². The molecule has 0 saturated carbocycles. The van der Waals surface area contributed by atoms with Crippen LogP contribution in [-0.4, -0.2) is 90.8 Å². The molecule has 0 aliphatic carbocycles.